The molecule has 9 heteroatoms. The highest BCUT2D eigenvalue weighted by Crippen LogP contribution is 2.19. The van der Waals surface area contributed by atoms with Gasteiger partial charge < -0.3 is 16.4 Å². The molecule has 0 bridgehead atoms. The first-order valence-electron chi connectivity index (χ1n) is 6.45. The van der Waals surface area contributed by atoms with Crippen LogP contribution in [-0.4, -0.2) is 33.2 Å². The first-order chi connectivity index (χ1) is 10.5. The number of anilines is 3. The molecule has 1 heterocycles. The Labute approximate surface area is 130 Å². The lowest BCUT2D eigenvalue weighted by Gasteiger charge is -2.20. The van der Waals surface area contributed by atoms with Gasteiger partial charge in [0.2, 0.25) is 17.8 Å². The molecule has 0 atom stereocenters. The minimum absolute atomic E-state index is 0.00771. The number of hydrogen-bond donors (Lipinski definition) is 2. The molecule has 2 aromatic rings. The highest BCUT2D eigenvalue weighted by Gasteiger charge is 2.15. The summed E-state index contributed by atoms with van der Waals surface area (Å²) in [7, 11) is 0. The smallest absolute Gasteiger partial charge is 0.237 e. The Kier molecular flexibility index (Phi) is 5.10. The number of nitrogens with two attached hydrogens (primary N) is 2. The number of halogens is 1. The highest BCUT2D eigenvalue weighted by atomic mass is 32.2. The van der Waals surface area contributed by atoms with Crippen molar-refractivity contribution in [2.75, 3.05) is 28.7 Å². The predicted molar refractivity (Wildman–Crippen MR) is 83.8 cm³/mol. The molecule has 0 radical (unpaired) electrons. The number of hydrogen-bond acceptors (Lipinski definition) is 7. The summed E-state index contributed by atoms with van der Waals surface area (Å²) >= 11 is 1.11. The standard InChI is InChI=1S/C13H15FN6OS/c1-2-20(9-5-3-8(14)4-6-9)10(21)7-22-13-18-11(15)17-12(16)19-13/h3-6H,2,7H2,1H3,(H4,15,16,17,18,19). The number of rotatable bonds is 5. The van der Waals surface area contributed by atoms with Gasteiger partial charge in [0, 0.05) is 12.2 Å². The molecular weight excluding hydrogens is 307 g/mol. The van der Waals surface area contributed by atoms with E-state index >= 15 is 0 Å². The van der Waals surface area contributed by atoms with Gasteiger partial charge in [-0.05, 0) is 31.2 Å². The number of amides is 1. The van der Waals surface area contributed by atoms with E-state index in [2.05, 4.69) is 15.0 Å². The van der Waals surface area contributed by atoms with Crippen LogP contribution in [-0.2, 0) is 4.79 Å². The maximum Gasteiger partial charge on any atom is 0.237 e. The number of benzene rings is 1. The Hall–Kier alpha value is -2.42. The second-order valence-electron chi connectivity index (χ2n) is 4.24. The van der Waals surface area contributed by atoms with Crippen molar-refractivity contribution in [3.8, 4) is 0 Å². The lowest BCUT2D eigenvalue weighted by Crippen LogP contribution is -2.32. The zero-order chi connectivity index (χ0) is 16.1. The van der Waals surface area contributed by atoms with E-state index in [1.54, 1.807) is 17.0 Å². The van der Waals surface area contributed by atoms with Crippen molar-refractivity contribution >= 4 is 35.3 Å². The summed E-state index contributed by atoms with van der Waals surface area (Å²) in [6, 6.07) is 5.73. The Morgan fingerprint density at radius 1 is 1.18 bits per heavy atom. The molecule has 2 rings (SSSR count). The van der Waals surface area contributed by atoms with Crippen LogP contribution in [0.25, 0.3) is 0 Å². The molecule has 1 aromatic heterocycles. The fourth-order valence-electron chi connectivity index (χ4n) is 1.78. The van der Waals surface area contributed by atoms with E-state index in [0.717, 1.165) is 11.8 Å². The molecule has 1 amide bonds. The van der Waals surface area contributed by atoms with Gasteiger partial charge in [0.25, 0.3) is 0 Å². The highest BCUT2D eigenvalue weighted by molar-refractivity contribution is 7.99. The van der Waals surface area contributed by atoms with E-state index in [-0.39, 0.29) is 34.5 Å². The van der Waals surface area contributed by atoms with Crippen LogP contribution in [0.15, 0.2) is 29.4 Å². The molecule has 0 saturated carbocycles. The predicted octanol–water partition coefficient (Wildman–Crippen LogP) is 1.32. The summed E-state index contributed by atoms with van der Waals surface area (Å²) in [5.74, 6) is -0.384. The minimum atomic E-state index is -0.349. The van der Waals surface area contributed by atoms with Gasteiger partial charge in [-0.3, -0.25) is 4.79 Å². The summed E-state index contributed by atoms with van der Waals surface area (Å²) < 4.78 is 12.9. The van der Waals surface area contributed by atoms with Crippen LogP contribution in [0.5, 0.6) is 0 Å². The normalized spacial score (nSPS) is 10.5. The van der Waals surface area contributed by atoms with Crippen LogP contribution in [0.4, 0.5) is 22.0 Å². The fraction of sp³-hybridized carbons (Fsp3) is 0.231. The first-order valence-corrected chi connectivity index (χ1v) is 7.44. The van der Waals surface area contributed by atoms with E-state index in [1.807, 2.05) is 6.92 Å². The fourth-order valence-corrected chi connectivity index (χ4v) is 2.51. The van der Waals surface area contributed by atoms with Crippen LogP contribution in [0.2, 0.25) is 0 Å². The molecule has 0 aliphatic rings. The van der Waals surface area contributed by atoms with Crippen LogP contribution in [0.3, 0.4) is 0 Å². The quantitative estimate of drug-likeness (QED) is 0.798. The monoisotopic (exact) mass is 322 g/mol. The zero-order valence-electron chi connectivity index (χ0n) is 11.9. The summed E-state index contributed by atoms with van der Waals surface area (Å²) in [5.41, 5.74) is 11.6. The van der Waals surface area contributed by atoms with Crippen molar-refractivity contribution in [1.29, 1.82) is 0 Å². The second kappa shape index (κ2) is 7.03. The first kappa shape index (κ1) is 16.0. The zero-order valence-corrected chi connectivity index (χ0v) is 12.7. The molecule has 0 aliphatic heterocycles. The molecule has 0 spiro atoms. The Morgan fingerprint density at radius 2 is 1.77 bits per heavy atom. The van der Waals surface area contributed by atoms with Crippen LogP contribution in [0.1, 0.15) is 6.92 Å². The van der Waals surface area contributed by atoms with Crippen LogP contribution < -0.4 is 16.4 Å². The van der Waals surface area contributed by atoms with Crippen LogP contribution in [0, 0.1) is 5.82 Å². The van der Waals surface area contributed by atoms with Gasteiger partial charge in [-0.25, -0.2) is 4.39 Å². The van der Waals surface area contributed by atoms with Crippen molar-refractivity contribution in [1.82, 2.24) is 15.0 Å². The summed E-state index contributed by atoms with van der Waals surface area (Å²) in [6.07, 6.45) is 0. The maximum absolute atomic E-state index is 12.9. The molecule has 0 unspecified atom stereocenters. The molecule has 0 aliphatic carbocycles. The van der Waals surface area contributed by atoms with Gasteiger partial charge >= 0.3 is 0 Å². The molecule has 4 N–H and O–H groups in total. The lowest BCUT2D eigenvalue weighted by molar-refractivity contribution is -0.116. The van der Waals surface area contributed by atoms with E-state index in [1.165, 1.54) is 12.1 Å². The number of thioether (sulfide) groups is 1. The molecule has 0 fully saturated rings. The second-order valence-corrected chi connectivity index (χ2v) is 5.18. The summed E-state index contributed by atoms with van der Waals surface area (Å²) in [5, 5.41) is 0.286. The minimum Gasteiger partial charge on any atom is -0.368 e. The van der Waals surface area contributed by atoms with Crippen molar-refractivity contribution < 1.29 is 9.18 Å². The number of nitrogen functional groups attached to an aromatic ring is 2. The van der Waals surface area contributed by atoms with Gasteiger partial charge in [-0.15, -0.1) is 0 Å². The van der Waals surface area contributed by atoms with Gasteiger partial charge in [-0.2, -0.15) is 15.0 Å². The van der Waals surface area contributed by atoms with E-state index in [9.17, 15) is 9.18 Å². The lowest BCUT2D eigenvalue weighted by atomic mass is 10.3. The van der Waals surface area contributed by atoms with E-state index in [0.29, 0.717) is 12.2 Å². The SMILES string of the molecule is CCN(C(=O)CSc1nc(N)nc(N)n1)c1ccc(F)cc1. The van der Waals surface area contributed by atoms with Crippen LogP contribution >= 0.6 is 11.8 Å². The van der Waals surface area contributed by atoms with Gasteiger partial charge in [0.1, 0.15) is 5.82 Å². The number of nitrogens with zero attached hydrogens (tertiary/aromatic N) is 4. The van der Waals surface area contributed by atoms with Crippen molar-refractivity contribution in [2.24, 2.45) is 0 Å². The molecule has 0 saturated heterocycles. The Morgan fingerprint density at radius 3 is 2.32 bits per heavy atom. The van der Waals surface area contributed by atoms with E-state index < -0.39 is 0 Å². The van der Waals surface area contributed by atoms with Crippen molar-refractivity contribution in [3.63, 3.8) is 0 Å². The number of aromatic nitrogens is 3. The van der Waals surface area contributed by atoms with Gasteiger partial charge in [0.15, 0.2) is 5.16 Å². The topological polar surface area (TPSA) is 111 Å². The van der Waals surface area contributed by atoms with Crippen molar-refractivity contribution in [3.05, 3.63) is 30.1 Å². The third-order valence-corrected chi connectivity index (χ3v) is 3.56. The van der Waals surface area contributed by atoms with Gasteiger partial charge in [0.05, 0.1) is 5.75 Å². The third kappa shape index (κ3) is 4.04. The van der Waals surface area contributed by atoms with E-state index in [4.69, 9.17) is 11.5 Å². The third-order valence-electron chi connectivity index (χ3n) is 2.73. The van der Waals surface area contributed by atoms with Gasteiger partial charge in [-0.1, -0.05) is 11.8 Å². The molecule has 1 aromatic carbocycles. The largest absolute Gasteiger partial charge is 0.368 e. The molecule has 7 nitrogen and oxygen atoms in total. The maximum atomic E-state index is 12.9. The summed E-state index contributed by atoms with van der Waals surface area (Å²) in [4.78, 5) is 25.3. The Bertz CT molecular complexity index is 646. The number of carbonyl (C=O) groups excluding carboxylic acids is 1. The average Bonchev–Trinajstić information content (AvgIpc) is 2.47. The Balaban J connectivity index is 2.04. The molecule has 22 heavy (non-hydrogen) atoms. The number of carbonyl (C=O) groups is 1. The molecular formula is C13H15FN6OS. The average molecular weight is 322 g/mol. The van der Waals surface area contributed by atoms with Crippen molar-refractivity contribution in [2.45, 2.75) is 12.1 Å². The summed E-state index contributed by atoms with van der Waals surface area (Å²) in [6.45, 7) is 2.30. The molecule has 116 valence electrons.